The van der Waals surface area contributed by atoms with E-state index in [1.807, 2.05) is 6.92 Å². The summed E-state index contributed by atoms with van der Waals surface area (Å²) in [6.07, 6.45) is 5.20. The summed E-state index contributed by atoms with van der Waals surface area (Å²) < 4.78 is 55.1. The van der Waals surface area contributed by atoms with E-state index in [2.05, 4.69) is 0 Å². The molecule has 1 aromatic carbocycles. The zero-order chi connectivity index (χ0) is 17.6. The van der Waals surface area contributed by atoms with E-state index >= 15 is 0 Å². The van der Waals surface area contributed by atoms with Crippen LogP contribution in [0.15, 0.2) is 18.2 Å². The number of hydrogen-bond donors (Lipinski definition) is 0. The molecule has 1 aliphatic rings. The fourth-order valence-corrected chi connectivity index (χ4v) is 3.80. The Morgan fingerprint density at radius 2 is 1.79 bits per heavy atom. The van der Waals surface area contributed by atoms with E-state index < -0.39 is 11.8 Å². The molecule has 0 amide bonds. The summed E-state index contributed by atoms with van der Waals surface area (Å²) in [5.41, 5.74) is 0.940. The molecule has 24 heavy (non-hydrogen) atoms. The quantitative estimate of drug-likeness (QED) is 0.372. The van der Waals surface area contributed by atoms with Crippen molar-refractivity contribution in [3.05, 3.63) is 35.1 Å². The molecule has 0 saturated heterocycles. The molecule has 1 aromatic rings. The Labute approximate surface area is 142 Å². The highest BCUT2D eigenvalue weighted by atomic mass is 19.3. The van der Waals surface area contributed by atoms with Crippen LogP contribution >= 0.6 is 0 Å². The molecular weight excluding hydrogens is 316 g/mol. The van der Waals surface area contributed by atoms with Gasteiger partial charge in [0.05, 0.1) is 6.67 Å². The summed E-state index contributed by atoms with van der Waals surface area (Å²) in [6, 6.07) is 4.50. The Hall–Kier alpha value is -1.06. The van der Waals surface area contributed by atoms with Crippen molar-refractivity contribution < 1.29 is 17.6 Å². The van der Waals surface area contributed by atoms with Crippen LogP contribution in [0, 0.1) is 17.7 Å². The molecule has 0 aromatic heterocycles. The number of unbranched alkanes of at least 4 members (excludes halogenated alkanes) is 1. The Morgan fingerprint density at radius 3 is 2.38 bits per heavy atom. The summed E-state index contributed by atoms with van der Waals surface area (Å²) in [4.78, 5) is 0. The highest BCUT2D eigenvalue weighted by molar-refractivity contribution is 5.25. The molecule has 136 valence electrons. The highest BCUT2D eigenvalue weighted by Crippen LogP contribution is 2.41. The molecule has 0 aliphatic heterocycles. The minimum absolute atomic E-state index is 0.291. The van der Waals surface area contributed by atoms with Gasteiger partial charge in [-0.25, -0.2) is 13.2 Å². The lowest BCUT2D eigenvalue weighted by atomic mass is 9.76. The molecule has 0 radical (unpaired) electrons. The molecule has 1 fully saturated rings. The van der Waals surface area contributed by atoms with Gasteiger partial charge in [-0.15, -0.1) is 0 Å². The summed E-state index contributed by atoms with van der Waals surface area (Å²) in [5, 5.41) is 0. The average Bonchev–Trinajstić information content (AvgIpc) is 2.55. The smallest absolute Gasteiger partial charge is 0.251 e. The zero-order valence-corrected chi connectivity index (χ0v) is 14.5. The van der Waals surface area contributed by atoms with Gasteiger partial charge in [-0.1, -0.05) is 31.9 Å². The lowest BCUT2D eigenvalue weighted by Gasteiger charge is -2.34. The van der Waals surface area contributed by atoms with Crippen molar-refractivity contribution in [1.29, 1.82) is 0 Å². The molecule has 0 bridgehead atoms. The molecule has 1 aliphatic carbocycles. The Balaban J connectivity index is 1.88. The summed E-state index contributed by atoms with van der Waals surface area (Å²) in [5.74, 6) is -3.33. The number of alkyl halides is 3. The first-order valence-electron chi connectivity index (χ1n) is 9.17. The van der Waals surface area contributed by atoms with E-state index in [9.17, 15) is 17.6 Å². The third-order valence-electron chi connectivity index (χ3n) is 5.38. The molecule has 0 nitrogen and oxygen atoms in total. The third kappa shape index (κ3) is 5.22. The molecule has 0 unspecified atom stereocenters. The van der Waals surface area contributed by atoms with Crippen molar-refractivity contribution in [2.45, 2.75) is 70.6 Å². The van der Waals surface area contributed by atoms with Crippen LogP contribution in [0.2, 0.25) is 0 Å². The third-order valence-corrected chi connectivity index (χ3v) is 5.38. The maximum Gasteiger partial charge on any atom is 0.254 e. The lowest BCUT2D eigenvalue weighted by molar-refractivity contribution is -0.0746. The van der Waals surface area contributed by atoms with Crippen LogP contribution in [-0.2, 0) is 12.8 Å². The Bertz CT molecular complexity index is 504. The van der Waals surface area contributed by atoms with Crippen LogP contribution in [0.5, 0.6) is 0 Å². The maximum atomic E-state index is 14.6. The molecule has 2 rings (SSSR count). The van der Waals surface area contributed by atoms with Gasteiger partial charge in [0.2, 0.25) is 0 Å². The Morgan fingerprint density at radius 1 is 1.08 bits per heavy atom. The van der Waals surface area contributed by atoms with Crippen molar-refractivity contribution in [2.24, 2.45) is 11.8 Å². The fraction of sp³-hybridized carbons (Fsp3) is 0.700. The van der Waals surface area contributed by atoms with E-state index in [-0.39, 0.29) is 18.9 Å². The van der Waals surface area contributed by atoms with E-state index in [1.54, 1.807) is 12.1 Å². The predicted octanol–water partition coefficient (Wildman–Crippen LogP) is 6.51. The van der Waals surface area contributed by atoms with Gasteiger partial charge in [-0.3, -0.25) is 4.39 Å². The van der Waals surface area contributed by atoms with Crippen molar-refractivity contribution >= 4 is 0 Å². The first kappa shape index (κ1) is 19.3. The molecule has 0 atom stereocenters. The van der Waals surface area contributed by atoms with Gasteiger partial charge >= 0.3 is 0 Å². The van der Waals surface area contributed by atoms with Crippen molar-refractivity contribution in [1.82, 2.24) is 0 Å². The normalized spacial score (nSPS) is 21.9. The monoisotopic (exact) mass is 344 g/mol. The minimum atomic E-state index is -2.79. The summed E-state index contributed by atoms with van der Waals surface area (Å²) in [7, 11) is 0. The molecular formula is C20H28F4. The first-order chi connectivity index (χ1) is 11.5. The van der Waals surface area contributed by atoms with Crippen LogP contribution in [0.25, 0.3) is 0 Å². The molecule has 0 heterocycles. The summed E-state index contributed by atoms with van der Waals surface area (Å²) in [6.45, 7) is 1.56. The number of aryl methyl sites for hydroxylation is 1. The zero-order valence-electron chi connectivity index (χ0n) is 14.5. The largest absolute Gasteiger partial charge is 0.254 e. The SMILES string of the molecule is CCc1ccc(CC(F)(F)C2CCC(CCCCF)CC2)cc1F. The number of halogens is 4. The van der Waals surface area contributed by atoms with Crippen LogP contribution in [0.1, 0.15) is 63.0 Å². The minimum Gasteiger partial charge on any atom is -0.251 e. The van der Waals surface area contributed by atoms with Crippen LogP contribution < -0.4 is 0 Å². The van der Waals surface area contributed by atoms with Crippen molar-refractivity contribution in [3.63, 3.8) is 0 Å². The van der Waals surface area contributed by atoms with Crippen molar-refractivity contribution in [3.8, 4) is 0 Å². The molecule has 0 spiro atoms. The second kappa shape index (κ2) is 8.87. The molecule has 0 N–H and O–H groups in total. The van der Waals surface area contributed by atoms with Crippen LogP contribution in [0.4, 0.5) is 17.6 Å². The van der Waals surface area contributed by atoms with Gasteiger partial charge in [-0.2, -0.15) is 0 Å². The van der Waals surface area contributed by atoms with Gasteiger partial charge < -0.3 is 0 Å². The van der Waals surface area contributed by atoms with Crippen molar-refractivity contribution in [2.75, 3.05) is 6.67 Å². The Kier molecular flexibility index (Phi) is 7.12. The van der Waals surface area contributed by atoms with E-state index in [0.717, 1.165) is 25.7 Å². The molecule has 1 saturated carbocycles. The topological polar surface area (TPSA) is 0 Å². The first-order valence-corrected chi connectivity index (χ1v) is 9.17. The van der Waals surface area contributed by atoms with Gasteiger partial charge in [0.1, 0.15) is 5.82 Å². The van der Waals surface area contributed by atoms with Crippen LogP contribution in [-0.4, -0.2) is 12.6 Å². The summed E-state index contributed by atoms with van der Waals surface area (Å²) >= 11 is 0. The standard InChI is InChI=1S/C20H28F4/c1-2-17-9-6-16(13-19(17)22)14-20(23,24)18-10-7-15(8-11-18)5-3-4-12-21/h6,9,13,15,18H,2-5,7-8,10-12,14H2,1H3. The molecule has 4 heteroatoms. The fourth-order valence-electron chi connectivity index (χ4n) is 3.80. The highest BCUT2D eigenvalue weighted by Gasteiger charge is 2.41. The van der Waals surface area contributed by atoms with E-state index in [1.165, 1.54) is 6.07 Å². The van der Waals surface area contributed by atoms with Gasteiger partial charge in [0.25, 0.3) is 5.92 Å². The lowest BCUT2D eigenvalue weighted by Crippen LogP contribution is -2.34. The van der Waals surface area contributed by atoms with Gasteiger partial charge in [-0.05, 0) is 61.6 Å². The number of benzene rings is 1. The van der Waals surface area contributed by atoms with Gasteiger partial charge in [0.15, 0.2) is 0 Å². The number of hydrogen-bond acceptors (Lipinski definition) is 0. The second-order valence-electron chi connectivity index (χ2n) is 7.12. The predicted molar refractivity (Wildman–Crippen MR) is 89.7 cm³/mol. The second-order valence-corrected chi connectivity index (χ2v) is 7.12. The number of rotatable bonds is 8. The van der Waals surface area contributed by atoms with Gasteiger partial charge in [0, 0.05) is 12.3 Å². The maximum absolute atomic E-state index is 14.6. The van der Waals surface area contributed by atoms with E-state index in [0.29, 0.717) is 42.7 Å². The van der Waals surface area contributed by atoms with E-state index in [4.69, 9.17) is 0 Å². The van der Waals surface area contributed by atoms with Crippen LogP contribution in [0.3, 0.4) is 0 Å². The average molecular weight is 344 g/mol.